The van der Waals surface area contributed by atoms with Gasteiger partial charge in [-0.2, -0.15) is 0 Å². The van der Waals surface area contributed by atoms with Gasteiger partial charge in [0.2, 0.25) is 0 Å². The molecule has 89 heavy (non-hydrogen) atoms. The van der Waals surface area contributed by atoms with Gasteiger partial charge < -0.3 is 0 Å². The van der Waals surface area contributed by atoms with E-state index in [-0.39, 0.29) is 16.2 Å². The zero-order valence-electron chi connectivity index (χ0n) is 57.3. The summed E-state index contributed by atoms with van der Waals surface area (Å²) < 4.78 is 2.77. The van der Waals surface area contributed by atoms with Gasteiger partial charge in [0, 0.05) is 23.4 Å². The van der Waals surface area contributed by atoms with Crippen molar-refractivity contribution < 1.29 is 0 Å². The Morgan fingerprint density at radius 2 is 0.371 bits per heavy atom. The molecule has 3 aliphatic carbocycles. The Hall–Kier alpha value is -3.22. The van der Waals surface area contributed by atoms with Crippen molar-refractivity contribution in [1.82, 2.24) is 0 Å². The van der Waals surface area contributed by atoms with Gasteiger partial charge in [0.05, 0.1) is 0 Å². The van der Waals surface area contributed by atoms with E-state index in [1.807, 2.05) is 0 Å². The lowest BCUT2D eigenvalue weighted by Gasteiger charge is -2.34. The molecule has 0 aliphatic heterocycles. The molecule has 0 amide bonds. The maximum atomic E-state index is 2.77. The molecule has 0 spiro atoms. The second-order valence-corrected chi connectivity index (χ2v) is 31.3. The molecule has 0 heterocycles. The first-order chi connectivity index (χ1) is 43.7. The first kappa shape index (κ1) is 70.1. The minimum atomic E-state index is -0.0296. The monoisotopic (exact) mass is 1420 g/mol. The van der Waals surface area contributed by atoms with Crippen LogP contribution in [0.15, 0.2) is 109 Å². The van der Waals surface area contributed by atoms with Gasteiger partial charge >= 0.3 is 0 Å². The Bertz CT molecular complexity index is 2870. The lowest BCUT2D eigenvalue weighted by Crippen LogP contribution is -2.26. The summed E-state index contributed by atoms with van der Waals surface area (Å²) >= 11 is 5.22. The molecule has 0 bridgehead atoms. The number of halogens is 2. The van der Waals surface area contributed by atoms with Crippen molar-refractivity contribution in [2.75, 3.05) is 0 Å². The smallest absolute Gasteiger partial charge is 0.0215 e. The summed E-state index contributed by atoms with van der Waals surface area (Å²) in [6.45, 7) is 14.2. The van der Waals surface area contributed by atoms with E-state index in [0.717, 1.165) is 0 Å². The van der Waals surface area contributed by atoms with Gasteiger partial charge in [-0.25, -0.2) is 0 Å². The molecule has 0 radical (unpaired) electrons. The van der Waals surface area contributed by atoms with Crippen molar-refractivity contribution in [3.63, 3.8) is 0 Å². The molecule has 6 aromatic carbocycles. The summed E-state index contributed by atoms with van der Waals surface area (Å²) in [5.74, 6) is 0. The average molecular weight is 1420 g/mol. The molecule has 0 nitrogen and oxygen atoms in total. The van der Waals surface area contributed by atoms with Crippen LogP contribution in [-0.2, 0) is 16.2 Å². The standard InChI is InChI=1S/C87H120I2/c1-7-13-19-25-31-37-55-85(56-38-32-26-20-14-8-2)79-61-67(69-45-51-75-77-53-47-71(88)65-83(77)86(81(75)63-69,57-39-33-27-21-15-9-3)58-40-34-28-22-16-10-4)43-49-73(79)74-50-44-68(62-80(74)85)70-46-52-76-78-54-48-72(89)66-84(78)87(82(76)64-70,59-41-35-29-23-17-11-5)60-42-36-30-24-18-12-6/h43-54,61-66H,7-42,55-60H2,1-6H3. The fourth-order valence-electron chi connectivity index (χ4n) is 17.4. The number of fused-ring (bicyclic) bond motifs is 9. The van der Waals surface area contributed by atoms with E-state index < -0.39 is 0 Å². The minimum Gasteiger partial charge on any atom is -0.0654 e. The Balaban J connectivity index is 1.14. The third-order valence-corrected chi connectivity index (χ3v) is 23.8. The van der Waals surface area contributed by atoms with Crippen molar-refractivity contribution in [2.24, 2.45) is 0 Å². The molecule has 482 valence electrons. The van der Waals surface area contributed by atoms with Crippen LogP contribution in [0.25, 0.3) is 55.6 Å². The normalized spacial score (nSPS) is 14.4. The lowest BCUT2D eigenvalue weighted by atomic mass is 9.69. The van der Waals surface area contributed by atoms with Gasteiger partial charge in [0.1, 0.15) is 0 Å². The molecule has 0 saturated carbocycles. The van der Waals surface area contributed by atoms with E-state index in [9.17, 15) is 0 Å². The third-order valence-electron chi connectivity index (χ3n) is 22.4. The van der Waals surface area contributed by atoms with E-state index in [2.05, 4.69) is 196 Å². The van der Waals surface area contributed by atoms with Crippen LogP contribution in [0.5, 0.6) is 0 Å². The molecule has 0 saturated heterocycles. The van der Waals surface area contributed by atoms with Crippen LogP contribution >= 0.6 is 45.2 Å². The second kappa shape index (κ2) is 35.9. The molecule has 3 aliphatic rings. The molecule has 2 heteroatoms. The Labute approximate surface area is 573 Å². The molecule has 0 fully saturated rings. The maximum absolute atomic E-state index is 2.77. The lowest BCUT2D eigenvalue weighted by molar-refractivity contribution is 0.397. The summed E-state index contributed by atoms with van der Waals surface area (Å²) in [4.78, 5) is 0. The van der Waals surface area contributed by atoms with Gasteiger partial charge in [-0.3, -0.25) is 0 Å². The zero-order chi connectivity index (χ0) is 62.3. The number of hydrogen-bond acceptors (Lipinski definition) is 0. The molecule has 0 aromatic heterocycles. The molecular formula is C87H120I2. The van der Waals surface area contributed by atoms with Gasteiger partial charge in [-0.15, -0.1) is 0 Å². The zero-order valence-corrected chi connectivity index (χ0v) is 61.7. The van der Waals surface area contributed by atoms with Crippen molar-refractivity contribution in [1.29, 1.82) is 0 Å². The number of benzene rings is 6. The summed E-state index contributed by atoms with van der Waals surface area (Å²) in [6, 6.07) is 46.5. The number of rotatable bonds is 44. The summed E-state index contributed by atoms with van der Waals surface area (Å²) in [5.41, 5.74) is 24.6. The van der Waals surface area contributed by atoms with E-state index in [1.165, 1.54) is 332 Å². The Morgan fingerprint density at radius 3 is 0.573 bits per heavy atom. The largest absolute Gasteiger partial charge is 0.0654 e. The van der Waals surface area contributed by atoms with E-state index in [1.54, 1.807) is 33.4 Å². The summed E-state index contributed by atoms with van der Waals surface area (Å²) in [5, 5.41) is 0. The second-order valence-electron chi connectivity index (χ2n) is 28.8. The molecule has 0 unspecified atom stereocenters. The summed E-state index contributed by atoms with van der Waals surface area (Å²) in [6.07, 6.45) is 55.8. The van der Waals surface area contributed by atoms with Crippen LogP contribution in [0.4, 0.5) is 0 Å². The van der Waals surface area contributed by atoms with E-state index in [4.69, 9.17) is 0 Å². The molecule has 0 atom stereocenters. The van der Waals surface area contributed by atoms with Crippen molar-refractivity contribution in [3.8, 4) is 55.6 Å². The van der Waals surface area contributed by atoms with Crippen LogP contribution in [0.2, 0.25) is 0 Å². The predicted molar refractivity (Wildman–Crippen MR) is 409 cm³/mol. The van der Waals surface area contributed by atoms with Crippen LogP contribution in [-0.4, -0.2) is 0 Å². The first-order valence-electron chi connectivity index (χ1n) is 37.9. The molecule has 6 aromatic rings. The van der Waals surface area contributed by atoms with Crippen LogP contribution in [0.3, 0.4) is 0 Å². The Kier molecular flexibility index (Phi) is 28.3. The highest BCUT2D eigenvalue weighted by molar-refractivity contribution is 14.1. The van der Waals surface area contributed by atoms with Gasteiger partial charge in [0.25, 0.3) is 0 Å². The first-order valence-corrected chi connectivity index (χ1v) is 40.1. The fourth-order valence-corrected chi connectivity index (χ4v) is 18.4. The fraction of sp³-hybridized carbons (Fsp3) is 0.586. The van der Waals surface area contributed by atoms with Gasteiger partial charge in [-0.05, 0) is 221 Å². The van der Waals surface area contributed by atoms with Crippen molar-refractivity contribution >= 4 is 45.2 Å². The highest BCUT2D eigenvalue weighted by Crippen LogP contribution is 2.60. The average Bonchev–Trinajstić information content (AvgIpc) is 1.63. The van der Waals surface area contributed by atoms with E-state index >= 15 is 0 Å². The van der Waals surface area contributed by atoms with E-state index in [0.29, 0.717) is 0 Å². The van der Waals surface area contributed by atoms with Gasteiger partial charge in [0.15, 0.2) is 0 Å². The number of hydrogen-bond donors (Lipinski definition) is 0. The summed E-state index contributed by atoms with van der Waals surface area (Å²) in [7, 11) is 0. The molecule has 9 rings (SSSR count). The van der Waals surface area contributed by atoms with Gasteiger partial charge in [-0.1, -0.05) is 333 Å². The van der Waals surface area contributed by atoms with Crippen LogP contribution in [0, 0.1) is 7.14 Å². The highest BCUT2D eigenvalue weighted by atomic mass is 127. The third kappa shape index (κ3) is 17.0. The highest BCUT2D eigenvalue weighted by Gasteiger charge is 2.46. The van der Waals surface area contributed by atoms with Crippen molar-refractivity contribution in [3.05, 3.63) is 150 Å². The topological polar surface area (TPSA) is 0 Å². The van der Waals surface area contributed by atoms with Crippen molar-refractivity contribution in [2.45, 2.75) is 327 Å². The van der Waals surface area contributed by atoms with Crippen LogP contribution in [0.1, 0.15) is 345 Å². The SMILES string of the molecule is CCCCCCCCC1(CCCCCCCC)c2cc(I)ccc2-c2ccc(-c3ccc4c(c3)C(CCCCCCCC)(CCCCCCCC)c3cc(-c5ccc6c(c5)C(CCCCCCCC)(CCCCCCCC)c5cc(I)ccc5-6)ccc3-4)cc21. The van der Waals surface area contributed by atoms with Crippen LogP contribution < -0.4 is 0 Å². The molecule has 0 N–H and O–H groups in total. The maximum Gasteiger partial charge on any atom is 0.0215 e. The number of unbranched alkanes of at least 4 members (excludes halogenated alkanes) is 30. The Morgan fingerprint density at radius 1 is 0.202 bits per heavy atom. The quantitative estimate of drug-likeness (QED) is 0.0264. The minimum absolute atomic E-state index is 0.0296. The predicted octanol–water partition coefficient (Wildman–Crippen LogP) is 29.5. The molecular weight excluding hydrogens is 1300 g/mol.